The molecule has 2 atom stereocenters. The molecule has 1 fully saturated rings. The molecule has 3 rings (SSSR count). The molecule has 1 aromatic heterocycles. The average molecular weight is 334 g/mol. The van der Waals surface area contributed by atoms with Gasteiger partial charge < -0.3 is 14.5 Å². The lowest BCUT2D eigenvalue weighted by Crippen LogP contribution is -2.45. The van der Waals surface area contributed by atoms with E-state index in [1.807, 2.05) is 0 Å². The summed E-state index contributed by atoms with van der Waals surface area (Å²) >= 11 is 0. The number of carbonyl (C=O) groups is 1. The molecule has 0 saturated carbocycles. The lowest BCUT2D eigenvalue weighted by molar-refractivity contribution is 0.0936. The number of aryl methyl sites for hydroxylation is 1. The molecule has 1 aromatic carbocycles. The molecule has 0 radical (unpaired) electrons. The van der Waals surface area contributed by atoms with Crippen LogP contribution in [-0.4, -0.2) is 33.8 Å². The number of rotatable bonds is 4. The van der Waals surface area contributed by atoms with E-state index in [2.05, 4.69) is 5.16 Å². The van der Waals surface area contributed by atoms with Crippen molar-refractivity contribution < 1.29 is 18.8 Å². The molecule has 2 aromatic rings. The van der Waals surface area contributed by atoms with Gasteiger partial charge in [-0.25, -0.2) is 9.18 Å². The van der Waals surface area contributed by atoms with Crippen molar-refractivity contribution in [3.63, 3.8) is 0 Å². The molecule has 0 unspecified atom stereocenters. The second-order valence-electron chi connectivity index (χ2n) is 6.13. The van der Waals surface area contributed by atoms with Gasteiger partial charge in [0.25, 0.3) is 5.56 Å². The molecular formula is C17H19FN2O4. The Labute approximate surface area is 137 Å². The summed E-state index contributed by atoms with van der Waals surface area (Å²) in [6.07, 6.45) is 1.60. The number of benzene rings is 1. The number of nitrogens with zero attached hydrogens (tertiary/aromatic N) is 1. The number of amides is 1. The van der Waals surface area contributed by atoms with Crippen LogP contribution in [0, 0.1) is 5.82 Å². The van der Waals surface area contributed by atoms with Gasteiger partial charge in [-0.3, -0.25) is 4.79 Å². The van der Waals surface area contributed by atoms with Crippen LogP contribution in [-0.2, 0) is 6.42 Å². The van der Waals surface area contributed by atoms with Gasteiger partial charge in [0.15, 0.2) is 0 Å². The molecule has 1 saturated heterocycles. The van der Waals surface area contributed by atoms with Gasteiger partial charge in [-0.2, -0.15) is 5.16 Å². The van der Waals surface area contributed by atoms with Crippen molar-refractivity contribution in [3.05, 3.63) is 57.8 Å². The molecule has 0 bridgehead atoms. The molecule has 1 aliphatic heterocycles. The Morgan fingerprint density at radius 2 is 2.12 bits per heavy atom. The Morgan fingerprint density at radius 1 is 1.38 bits per heavy atom. The molecule has 0 spiro atoms. The third-order valence-corrected chi connectivity index (χ3v) is 4.59. The Morgan fingerprint density at radius 3 is 2.75 bits per heavy atom. The fourth-order valence-electron chi connectivity index (χ4n) is 3.32. The first kappa shape index (κ1) is 16.3. The third kappa shape index (κ3) is 3.67. The number of hydrogen-bond donors (Lipinski definition) is 2. The number of aromatic nitrogens is 1. The molecule has 128 valence electrons. The van der Waals surface area contributed by atoms with Gasteiger partial charge in [0.2, 0.25) is 0 Å². The number of H-pyrrole nitrogens is 1. The minimum absolute atomic E-state index is 0.0257. The maximum atomic E-state index is 13.0. The summed E-state index contributed by atoms with van der Waals surface area (Å²) in [5, 5.41) is 11.7. The summed E-state index contributed by atoms with van der Waals surface area (Å²) in [7, 11) is 0. The Bertz CT molecular complexity index is 752. The molecule has 0 aliphatic carbocycles. The first-order chi connectivity index (χ1) is 11.5. The zero-order chi connectivity index (χ0) is 17.1. The number of nitrogens with one attached hydrogen (secondary N) is 1. The number of hydrogen-bond acceptors (Lipinski definition) is 3. The van der Waals surface area contributed by atoms with E-state index in [-0.39, 0.29) is 23.3 Å². The fraction of sp³-hybridized carbons (Fsp3) is 0.412. The summed E-state index contributed by atoms with van der Waals surface area (Å²) in [6, 6.07) is 7.51. The van der Waals surface area contributed by atoms with Crippen molar-refractivity contribution in [2.75, 3.05) is 6.54 Å². The number of aromatic amines is 1. The highest BCUT2D eigenvalue weighted by atomic mass is 19.1. The van der Waals surface area contributed by atoms with Crippen LogP contribution < -0.4 is 5.56 Å². The normalized spacial score (nSPS) is 21.0. The molecular weight excluding hydrogens is 315 g/mol. The summed E-state index contributed by atoms with van der Waals surface area (Å²) in [6.45, 7) is 0.406. The highest BCUT2D eigenvalue weighted by Crippen LogP contribution is 2.32. The second kappa shape index (κ2) is 6.90. The number of carboxylic acid groups (broad SMARTS) is 1. The summed E-state index contributed by atoms with van der Waals surface area (Å²) in [4.78, 5) is 24.2. The van der Waals surface area contributed by atoms with Crippen LogP contribution in [0.2, 0.25) is 0 Å². The third-order valence-electron chi connectivity index (χ3n) is 4.59. The Balaban J connectivity index is 1.69. The minimum atomic E-state index is -0.937. The summed E-state index contributed by atoms with van der Waals surface area (Å²) in [5.74, 6) is 0.320. The minimum Gasteiger partial charge on any atom is -0.465 e. The van der Waals surface area contributed by atoms with Crippen LogP contribution in [0.4, 0.5) is 9.18 Å². The van der Waals surface area contributed by atoms with E-state index in [1.165, 1.54) is 23.1 Å². The second-order valence-corrected chi connectivity index (χ2v) is 6.13. The zero-order valence-corrected chi connectivity index (χ0v) is 13.1. The highest BCUT2D eigenvalue weighted by molar-refractivity contribution is 5.65. The van der Waals surface area contributed by atoms with Crippen LogP contribution in [0.25, 0.3) is 0 Å². The van der Waals surface area contributed by atoms with E-state index >= 15 is 0 Å². The van der Waals surface area contributed by atoms with Crippen molar-refractivity contribution in [3.8, 4) is 0 Å². The van der Waals surface area contributed by atoms with Gasteiger partial charge in [-0.15, -0.1) is 0 Å². The number of likely N-dealkylation sites (tertiary alicyclic amines) is 1. The van der Waals surface area contributed by atoms with E-state index in [4.69, 9.17) is 4.52 Å². The SMILES string of the molecule is O=C(O)N1CC[C@H](c2cc(=O)[nH]o2)C[C@@H]1CCc1ccc(F)cc1. The van der Waals surface area contributed by atoms with Gasteiger partial charge in [0.05, 0.1) is 0 Å². The van der Waals surface area contributed by atoms with E-state index in [1.54, 1.807) is 12.1 Å². The first-order valence-electron chi connectivity index (χ1n) is 7.95. The van der Waals surface area contributed by atoms with Crippen molar-refractivity contribution in [1.82, 2.24) is 10.1 Å². The van der Waals surface area contributed by atoms with Crippen LogP contribution in [0.15, 0.2) is 39.6 Å². The molecule has 2 heterocycles. The van der Waals surface area contributed by atoms with E-state index in [0.717, 1.165) is 5.56 Å². The van der Waals surface area contributed by atoms with Crippen molar-refractivity contribution in [2.24, 2.45) is 0 Å². The predicted molar refractivity (Wildman–Crippen MR) is 84.5 cm³/mol. The molecule has 1 aliphatic rings. The maximum absolute atomic E-state index is 13.0. The molecule has 2 N–H and O–H groups in total. The Kier molecular flexibility index (Phi) is 4.69. The average Bonchev–Trinajstić information content (AvgIpc) is 3.00. The van der Waals surface area contributed by atoms with Crippen molar-refractivity contribution >= 4 is 6.09 Å². The van der Waals surface area contributed by atoms with Gasteiger partial charge in [-0.05, 0) is 43.4 Å². The highest BCUT2D eigenvalue weighted by Gasteiger charge is 2.33. The first-order valence-corrected chi connectivity index (χ1v) is 7.95. The van der Waals surface area contributed by atoms with Gasteiger partial charge in [0.1, 0.15) is 11.6 Å². The van der Waals surface area contributed by atoms with Crippen molar-refractivity contribution in [2.45, 2.75) is 37.6 Å². The largest absolute Gasteiger partial charge is 0.465 e. The van der Waals surface area contributed by atoms with Crippen LogP contribution in [0.1, 0.15) is 36.5 Å². The van der Waals surface area contributed by atoms with Gasteiger partial charge in [0, 0.05) is 24.6 Å². The standard InChI is InChI=1S/C17H19FN2O4/c18-13-4-1-11(2-5-13)3-6-14-9-12(7-8-20(14)17(22)23)15-10-16(21)19-24-15/h1-2,4-5,10,12,14H,3,6-9H2,(H,19,21)(H,22,23)/t12-,14-/m0/s1. The number of piperidine rings is 1. The quantitative estimate of drug-likeness (QED) is 0.900. The topological polar surface area (TPSA) is 86.5 Å². The van der Waals surface area contributed by atoms with E-state index in [0.29, 0.717) is 38.0 Å². The molecule has 7 heteroatoms. The zero-order valence-electron chi connectivity index (χ0n) is 13.1. The van der Waals surface area contributed by atoms with E-state index in [9.17, 15) is 19.1 Å². The lowest BCUT2D eigenvalue weighted by Gasteiger charge is -2.37. The monoisotopic (exact) mass is 334 g/mol. The van der Waals surface area contributed by atoms with Gasteiger partial charge >= 0.3 is 6.09 Å². The van der Waals surface area contributed by atoms with Crippen molar-refractivity contribution in [1.29, 1.82) is 0 Å². The summed E-state index contributed by atoms with van der Waals surface area (Å²) < 4.78 is 18.1. The maximum Gasteiger partial charge on any atom is 0.407 e. The number of halogens is 1. The van der Waals surface area contributed by atoms with Crippen LogP contribution in [0.3, 0.4) is 0 Å². The van der Waals surface area contributed by atoms with E-state index < -0.39 is 6.09 Å². The Hall–Kier alpha value is -2.57. The molecule has 24 heavy (non-hydrogen) atoms. The summed E-state index contributed by atoms with van der Waals surface area (Å²) in [5.41, 5.74) is 0.686. The van der Waals surface area contributed by atoms with Crippen LogP contribution >= 0.6 is 0 Å². The predicted octanol–water partition coefficient (Wildman–Crippen LogP) is 2.97. The molecule has 1 amide bonds. The smallest absolute Gasteiger partial charge is 0.407 e. The van der Waals surface area contributed by atoms with Crippen LogP contribution in [0.5, 0.6) is 0 Å². The van der Waals surface area contributed by atoms with Gasteiger partial charge in [-0.1, -0.05) is 12.1 Å². The fourth-order valence-corrected chi connectivity index (χ4v) is 3.32. The lowest BCUT2D eigenvalue weighted by atomic mass is 9.86. The molecule has 6 nitrogen and oxygen atoms in total.